The zero-order valence-corrected chi connectivity index (χ0v) is 20.3. The number of para-hydroxylation sites is 1. The van der Waals surface area contributed by atoms with Gasteiger partial charge in [-0.25, -0.2) is 0 Å². The number of benzene rings is 3. The molecule has 1 aliphatic heterocycles. The standard InChI is InChI=1S/C24H24BrNO5S/c1-30-23-20(8-5-9-21(23)31-32(2,28)29)24(27)26-14-12-17(13-15-26)19-11-10-16-6-3-4-7-18(16)22(19)25/h3-11,17H,12-15H2,1-2H3. The van der Waals surface area contributed by atoms with Crippen LogP contribution >= 0.6 is 15.9 Å². The summed E-state index contributed by atoms with van der Waals surface area (Å²) in [6.07, 6.45) is 2.63. The van der Waals surface area contributed by atoms with Crippen LogP contribution in [0.2, 0.25) is 0 Å². The van der Waals surface area contributed by atoms with Crippen LogP contribution in [0.15, 0.2) is 59.1 Å². The molecule has 6 nitrogen and oxygen atoms in total. The molecule has 1 fully saturated rings. The lowest BCUT2D eigenvalue weighted by molar-refractivity contribution is 0.0709. The van der Waals surface area contributed by atoms with Crippen LogP contribution in [0.5, 0.6) is 11.5 Å². The molecule has 3 aromatic rings. The van der Waals surface area contributed by atoms with Gasteiger partial charge in [0, 0.05) is 17.6 Å². The molecule has 0 saturated carbocycles. The molecule has 0 unspecified atom stereocenters. The molecule has 0 atom stereocenters. The quantitative estimate of drug-likeness (QED) is 0.446. The second kappa shape index (κ2) is 9.11. The maximum Gasteiger partial charge on any atom is 0.306 e. The van der Waals surface area contributed by atoms with Crippen LogP contribution in [-0.2, 0) is 10.1 Å². The molecule has 1 amide bonds. The molecular formula is C24H24BrNO5S. The molecule has 1 aliphatic rings. The van der Waals surface area contributed by atoms with Gasteiger partial charge >= 0.3 is 10.1 Å². The SMILES string of the molecule is COc1c(OS(C)(=O)=O)cccc1C(=O)N1CCC(c2ccc3ccccc3c2Br)CC1. The topological polar surface area (TPSA) is 72.9 Å². The molecule has 0 bridgehead atoms. The van der Waals surface area contributed by atoms with Gasteiger partial charge in [-0.3, -0.25) is 4.79 Å². The first kappa shape index (κ1) is 22.6. The number of halogens is 1. The Hall–Kier alpha value is -2.58. The predicted molar refractivity (Wildman–Crippen MR) is 128 cm³/mol. The van der Waals surface area contributed by atoms with E-state index < -0.39 is 10.1 Å². The lowest BCUT2D eigenvalue weighted by Gasteiger charge is -2.33. The highest BCUT2D eigenvalue weighted by Crippen LogP contribution is 2.38. The van der Waals surface area contributed by atoms with E-state index in [0.29, 0.717) is 24.6 Å². The smallest absolute Gasteiger partial charge is 0.306 e. The fourth-order valence-corrected chi connectivity index (χ4v) is 5.53. The molecule has 0 spiro atoms. The number of methoxy groups -OCH3 is 1. The van der Waals surface area contributed by atoms with E-state index >= 15 is 0 Å². The van der Waals surface area contributed by atoms with Gasteiger partial charge in [-0.1, -0.05) is 42.5 Å². The number of carbonyl (C=O) groups is 1. The first-order chi connectivity index (χ1) is 15.3. The summed E-state index contributed by atoms with van der Waals surface area (Å²) < 4.78 is 34.6. The van der Waals surface area contributed by atoms with E-state index in [4.69, 9.17) is 8.92 Å². The lowest BCUT2D eigenvalue weighted by Crippen LogP contribution is -2.38. The van der Waals surface area contributed by atoms with Crippen LogP contribution in [0, 0.1) is 0 Å². The normalized spacial score (nSPS) is 15.0. The number of rotatable bonds is 5. The Kier molecular flexibility index (Phi) is 6.44. The third kappa shape index (κ3) is 4.61. The van der Waals surface area contributed by atoms with E-state index in [1.165, 1.54) is 29.5 Å². The van der Waals surface area contributed by atoms with Gasteiger partial charge in [0.15, 0.2) is 11.5 Å². The van der Waals surface area contributed by atoms with Crippen LogP contribution in [-0.4, -0.2) is 45.7 Å². The average Bonchev–Trinajstić information content (AvgIpc) is 2.78. The van der Waals surface area contributed by atoms with E-state index in [2.05, 4.69) is 40.2 Å². The van der Waals surface area contributed by atoms with Crippen LogP contribution in [0.4, 0.5) is 0 Å². The van der Waals surface area contributed by atoms with Crippen LogP contribution in [0.1, 0.15) is 34.7 Å². The third-order valence-electron chi connectivity index (χ3n) is 5.77. The highest BCUT2D eigenvalue weighted by molar-refractivity contribution is 9.10. The van der Waals surface area contributed by atoms with Crippen molar-refractivity contribution in [1.82, 2.24) is 4.90 Å². The minimum atomic E-state index is -3.74. The Labute approximate surface area is 196 Å². The average molecular weight is 518 g/mol. The van der Waals surface area contributed by atoms with Crippen molar-refractivity contribution in [3.8, 4) is 11.5 Å². The molecule has 32 heavy (non-hydrogen) atoms. The highest BCUT2D eigenvalue weighted by atomic mass is 79.9. The Balaban J connectivity index is 1.52. The van der Waals surface area contributed by atoms with E-state index in [1.54, 1.807) is 17.0 Å². The van der Waals surface area contributed by atoms with Crippen molar-refractivity contribution in [2.24, 2.45) is 0 Å². The molecule has 168 valence electrons. The number of hydrogen-bond acceptors (Lipinski definition) is 5. The van der Waals surface area contributed by atoms with Crippen molar-refractivity contribution in [2.45, 2.75) is 18.8 Å². The zero-order chi connectivity index (χ0) is 22.9. The summed E-state index contributed by atoms with van der Waals surface area (Å²) in [5.41, 5.74) is 1.55. The molecular weight excluding hydrogens is 494 g/mol. The minimum Gasteiger partial charge on any atom is -0.492 e. The first-order valence-corrected chi connectivity index (χ1v) is 12.9. The molecule has 1 heterocycles. The number of likely N-dealkylation sites (tertiary alicyclic amines) is 1. The number of piperidine rings is 1. The summed E-state index contributed by atoms with van der Waals surface area (Å²) in [7, 11) is -2.35. The second-order valence-corrected chi connectivity index (χ2v) is 10.2. The lowest BCUT2D eigenvalue weighted by atomic mass is 9.88. The fraction of sp³-hybridized carbons (Fsp3) is 0.292. The number of amides is 1. The fourth-order valence-electron chi connectivity index (χ4n) is 4.25. The molecule has 0 radical (unpaired) electrons. The first-order valence-electron chi connectivity index (χ1n) is 10.3. The van der Waals surface area contributed by atoms with E-state index in [0.717, 1.165) is 23.6 Å². The summed E-state index contributed by atoms with van der Waals surface area (Å²) in [4.78, 5) is 15.0. The third-order valence-corrected chi connectivity index (χ3v) is 7.14. The van der Waals surface area contributed by atoms with E-state index in [-0.39, 0.29) is 17.4 Å². The molecule has 0 aromatic heterocycles. The summed E-state index contributed by atoms with van der Waals surface area (Å²) in [6.45, 7) is 1.20. The van der Waals surface area contributed by atoms with Crippen molar-refractivity contribution in [3.05, 3.63) is 70.2 Å². The number of carbonyl (C=O) groups excluding carboxylic acids is 1. The number of nitrogens with zero attached hydrogens (tertiary/aromatic N) is 1. The summed E-state index contributed by atoms with van der Waals surface area (Å²) >= 11 is 3.79. The Morgan fingerprint density at radius 3 is 2.44 bits per heavy atom. The number of hydrogen-bond donors (Lipinski definition) is 0. The van der Waals surface area contributed by atoms with Gasteiger partial charge in [-0.15, -0.1) is 0 Å². The Morgan fingerprint density at radius 2 is 1.75 bits per heavy atom. The molecule has 0 aliphatic carbocycles. The molecule has 4 rings (SSSR count). The van der Waals surface area contributed by atoms with Gasteiger partial charge in [0.05, 0.1) is 18.9 Å². The van der Waals surface area contributed by atoms with E-state index in [9.17, 15) is 13.2 Å². The highest BCUT2D eigenvalue weighted by Gasteiger charge is 2.28. The van der Waals surface area contributed by atoms with Gasteiger partial charge in [0.25, 0.3) is 5.91 Å². The number of fused-ring (bicyclic) bond motifs is 1. The van der Waals surface area contributed by atoms with E-state index in [1.807, 2.05) is 12.1 Å². The summed E-state index contributed by atoms with van der Waals surface area (Å²) in [6, 6.07) is 17.3. The minimum absolute atomic E-state index is 0.0100. The van der Waals surface area contributed by atoms with Gasteiger partial charge in [-0.2, -0.15) is 8.42 Å². The molecule has 8 heteroatoms. The summed E-state index contributed by atoms with van der Waals surface area (Å²) in [5.74, 6) is 0.287. The van der Waals surface area contributed by atoms with Crippen molar-refractivity contribution < 1.29 is 22.1 Å². The van der Waals surface area contributed by atoms with Crippen LogP contribution in [0.25, 0.3) is 10.8 Å². The predicted octanol–water partition coefficient (Wildman–Crippen LogP) is 4.97. The van der Waals surface area contributed by atoms with Gasteiger partial charge < -0.3 is 13.8 Å². The maximum absolute atomic E-state index is 13.2. The van der Waals surface area contributed by atoms with Crippen LogP contribution in [0.3, 0.4) is 0 Å². The largest absolute Gasteiger partial charge is 0.492 e. The Morgan fingerprint density at radius 1 is 1.03 bits per heavy atom. The van der Waals surface area contributed by atoms with Gasteiger partial charge in [0.2, 0.25) is 0 Å². The molecule has 1 saturated heterocycles. The van der Waals surface area contributed by atoms with Crippen molar-refractivity contribution in [1.29, 1.82) is 0 Å². The van der Waals surface area contributed by atoms with Gasteiger partial charge in [-0.05, 0) is 63.2 Å². The Bertz CT molecular complexity index is 1270. The monoisotopic (exact) mass is 517 g/mol. The number of ether oxygens (including phenoxy) is 1. The summed E-state index contributed by atoms with van der Waals surface area (Å²) in [5, 5.41) is 2.38. The van der Waals surface area contributed by atoms with Crippen molar-refractivity contribution >= 4 is 42.7 Å². The van der Waals surface area contributed by atoms with Gasteiger partial charge in [0.1, 0.15) is 0 Å². The maximum atomic E-state index is 13.2. The van der Waals surface area contributed by atoms with Crippen LogP contribution < -0.4 is 8.92 Å². The van der Waals surface area contributed by atoms with Crippen molar-refractivity contribution in [2.75, 3.05) is 26.5 Å². The molecule has 0 N–H and O–H groups in total. The second-order valence-electron chi connectivity index (χ2n) is 7.88. The molecule has 3 aromatic carbocycles. The van der Waals surface area contributed by atoms with Crippen molar-refractivity contribution in [3.63, 3.8) is 0 Å². The zero-order valence-electron chi connectivity index (χ0n) is 17.9.